The van der Waals surface area contributed by atoms with E-state index in [-0.39, 0.29) is 0 Å². The highest BCUT2D eigenvalue weighted by Crippen LogP contribution is 2.29. The van der Waals surface area contributed by atoms with Gasteiger partial charge in [-0.15, -0.1) is 5.10 Å². The van der Waals surface area contributed by atoms with E-state index >= 15 is 0 Å². The first-order valence-corrected chi connectivity index (χ1v) is 9.20. The Labute approximate surface area is 168 Å². The van der Waals surface area contributed by atoms with Gasteiger partial charge in [-0.2, -0.15) is 0 Å². The Morgan fingerprint density at radius 2 is 2.11 bits per heavy atom. The van der Waals surface area contributed by atoms with Gasteiger partial charge in [0.2, 0.25) is 0 Å². The topological polar surface area (TPSA) is 48.5 Å². The highest BCUT2D eigenvalue weighted by molar-refractivity contribution is 6.29. The smallest absolute Gasteiger partial charge is 0.135 e. The maximum atomic E-state index is 6.03. The molecule has 3 aromatic rings. The summed E-state index contributed by atoms with van der Waals surface area (Å²) < 4.78 is 3.74. The lowest BCUT2D eigenvalue weighted by Gasteiger charge is -2.10. The second kappa shape index (κ2) is 7.34. The van der Waals surface area contributed by atoms with Crippen molar-refractivity contribution in [2.75, 3.05) is 0 Å². The standard InChI is InChI=1S/C22H18ClN5/c1-15-6-4-5-7-18(15)9-10-20-22-12-19-13-25-26-28(19)17(3)21(11-8-16(2)23)27(22)14-24-20/h4-8,11,13-14H,3,12H2,1-2H3/b16-8+,21-11+. The van der Waals surface area contributed by atoms with E-state index in [1.54, 1.807) is 17.2 Å². The van der Waals surface area contributed by atoms with E-state index in [9.17, 15) is 0 Å². The van der Waals surface area contributed by atoms with Crippen molar-refractivity contribution >= 4 is 23.0 Å². The summed E-state index contributed by atoms with van der Waals surface area (Å²) in [6.45, 7) is 8.07. The Hall–Kier alpha value is -3.36. The number of rotatable bonds is 1. The van der Waals surface area contributed by atoms with Crippen LogP contribution in [0.3, 0.4) is 0 Å². The molecule has 6 heteroatoms. The van der Waals surface area contributed by atoms with Crippen molar-refractivity contribution < 1.29 is 0 Å². The Kier molecular flexibility index (Phi) is 4.72. The normalized spacial score (nSPS) is 14.9. The van der Waals surface area contributed by atoms with E-state index in [2.05, 4.69) is 33.7 Å². The number of hydrogen-bond acceptors (Lipinski definition) is 3. The Balaban J connectivity index is 1.86. The van der Waals surface area contributed by atoms with E-state index in [1.807, 2.05) is 54.8 Å². The van der Waals surface area contributed by atoms with Crippen LogP contribution in [0.2, 0.25) is 0 Å². The van der Waals surface area contributed by atoms with Gasteiger partial charge >= 0.3 is 0 Å². The number of aryl methyl sites for hydroxylation is 1. The third-order valence-corrected chi connectivity index (χ3v) is 4.70. The fourth-order valence-corrected chi connectivity index (χ4v) is 3.15. The molecular formula is C22H18ClN5. The Bertz CT molecular complexity index is 1190. The van der Waals surface area contributed by atoms with Gasteiger partial charge in [0.25, 0.3) is 0 Å². The van der Waals surface area contributed by atoms with Gasteiger partial charge < -0.3 is 0 Å². The maximum absolute atomic E-state index is 6.03. The Morgan fingerprint density at radius 1 is 1.29 bits per heavy atom. The minimum atomic E-state index is 0.602. The largest absolute Gasteiger partial charge is 0.299 e. The average molecular weight is 388 g/mol. The van der Waals surface area contributed by atoms with Crippen molar-refractivity contribution in [3.63, 3.8) is 0 Å². The van der Waals surface area contributed by atoms with E-state index in [1.165, 1.54) is 0 Å². The molecule has 2 aromatic heterocycles. The van der Waals surface area contributed by atoms with Crippen LogP contribution < -0.4 is 0 Å². The summed E-state index contributed by atoms with van der Waals surface area (Å²) in [5.74, 6) is 6.47. The monoisotopic (exact) mass is 387 g/mol. The quantitative estimate of drug-likeness (QED) is 0.587. The molecule has 0 amide bonds. The average Bonchev–Trinajstić information content (AvgIpc) is 3.27. The zero-order valence-electron chi connectivity index (χ0n) is 15.6. The van der Waals surface area contributed by atoms with Gasteiger partial charge in [0.05, 0.1) is 29.0 Å². The predicted molar refractivity (Wildman–Crippen MR) is 111 cm³/mol. The van der Waals surface area contributed by atoms with Gasteiger partial charge in [0.1, 0.15) is 12.0 Å². The lowest BCUT2D eigenvalue weighted by Crippen LogP contribution is -2.04. The lowest BCUT2D eigenvalue weighted by molar-refractivity contribution is 0.801. The SMILES string of the molecule is C=C1/C(=C\C=C(/C)Cl)n2cnc(C#Cc3ccccc3C)c2Cc2cnnn21. The van der Waals surface area contributed by atoms with E-state index < -0.39 is 0 Å². The van der Waals surface area contributed by atoms with Crippen LogP contribution in [0.15, 0.2) is 60.6 Å². The number of allylic oxidation sites excluding steroid dienone is 5. The minimum absolute atomic E-state index is 0.602. The number of hydrogen-bond donors (Lipinski definition) is 0. The third kappa shape index (κ3) is 3.30. The van der Waals surface area contributed by atoms with Crippen LogP contribution in [0.5, 0.6) is 0 Å². The van der Waals surface area contributed by atoms with Crippen LogP contribution in [0.4, 0.5) is 0 Å². The fraction of sp³-hybridized carbons (Fsp3) is 0.136. The summed E-state index contributed by atoms with van der Waals surface area (Å²) in [6, 6.07) is 8.05. The van der Waals surface area contributed by atoms with Gasteiger partial charge in [0, 0.05) is 17.0 Å². The first-order valence-electron chi connectivity index (χ1n) is 8.82. The van der Waals surface area contributed by atoms with Gasteiger partial charge in [-0.1, -0.05) is 47.5 Å². The number of benzene rings is 1. The molecule has 138 valence electrons. The van der Waals surface area contributed by atoms with Crippen molar-refractivity contribution in [2.24, 2.45) is 0 Å². The predicted octanol–water partition coefficient (Wildman–Crippen LogP) is 4.24. The van der Waals surface area contributed by atoms with Gasteiger partial charge in [0.15, 0.2) is 0 Å². The molecule has 1 aliphatic rings. The maximum Gasteiger partial charge on any atom is 0.135 e. The fourth-order valence-electron chi connectivity index (χ4n) is 3.09. The highest BCUT2D eigenvalue weighted by atomic mass is 35.5. The molecule has 0 atom stereocenters. The van der Waals surface area contributed by atoms with Crippen molar-refractivity contribution in [1.82, 2.24) is 24.5 Å². The number of fused-ring (bicyclic) bond motifs is 2. The summed E-state index contributed by atoms with van der Waals surface area (Å²) in [7, 11) is 0. The summed E-state index contributed by atoms with van der Waals surface area (Å²) >= 11 is 6.03. The van der Waals surface area contributed by atoms with Crippen molar-refractivity contribution in [1.29, 1.82) is 0 Å². The molecular weight excluding hydrogens is 370 g/mol. The molecule has 4 rings (SSSR count). The molecule has 0 saturated carbocycles. The Morgan fingerprint density at radius 3 is 2.89 bits per heavy atom. The van der Waals surface area contributed by atoms with Crippen LogP contribution in [0.1, 0.15) is 35.1 Å². The molecule has 3 heterocycles. The molecule has 1 aliphatic heterocycles. The highest BCUT2D eigenvalue weighted by Gasteiger charge is 2.23. The molecule has 0 saturated heterocycles. The molecule has 0 spiro atoms. The van der Waals surface area contributed by atoms with Gasteiger partial charge in [-0.25, -0.2) is 9.67 Å². The molecule has 0 radical (unpaired) electrons. The van der Waals surface area contributed by atoms with Crippen molar-refractivity contribution in [3.05, 3.63) is 88.8 Å². The second-order valence-corrected chi connectivity index (χ2v) is 7.14. The molecule has 0 N–H and O–H groups in total. The van der Waals surface area contributed by atoms with Crippen molar-refractivity contribution in [2.45, 2.75) is 20.3 Å². The zero-order chi connectivity index (χ0) is 19.7. The van der Waals surface area contributed by atoms with Crippen LogP contribution in [0, 0.1) is 18.8 Å². The first kappa shape index (κ1) is 18.0. The summed E-state index contributed by atoms with van der Waals surface area (Å²) in [5.41, 5.74) is 6.29. The third-order valence-electron chi connectivity index (χ3n) is 4.58. The number of aromatic nitrogens is 5. The molecule has 0 bridgehead atoms. The number of halogens is 1. The van der Waals surface area contributed by atoms with E-state index in [0.717, 1.165) is 33.9 Å². The van der Waals surface area contributed by atoms with Crippen LogP contribution in [-0.4, -0.2) is 24.5 Å². The molecule has 28 heavy (non-hydrogen) atoms. The van der Waals surface area contributed by atoms with Crippen LogP contribution in [-0.2, 0) is 6.42 Å². The number of nitrogens with zero attached hydrogens (tertiary/aromatic N) is 5. The van der Waals surface area contributed by atoms with E-state index in [0.29, 0.717) is 17.2 Å². The van der Waals surface area contributed by atoms with Crippen LogP contribution >= 0.6 is 11.6 Å². The molecule has 1 aromatic carbocycles. The lowest BCUT2D eigenvalue weighted by atomic mass is 10.1. The molecule has 0 unspecified atom stereocenters. The molecule has 0 aliphatic carbocycles. The molecule has 5 nitrogen and oxygen atoms in total. The number of imidazole rings is 1. The second-order valence-electron chi connectivity index (χ2n) is 6.54. The first-order chi connectivity index (χ1) is 13.5. The summed E-state index contributed by atoms with van der Waals surface area (Å²) in [4.78, 5) is 4.56. The van der Waals surface area contributed by atoms with E-state index in [4.69, 9.17) is 11.6 Å². The minimum Gasteiger partial charge on any atom is -0.299 e. The zero-order valence-corrected chi connectivity index (χ0v) is 16.4. The van der Waals surface area contributed by atoms with Gasteiger partial charge in [-0.05, 0) is 43.5 Å². The van der Waals surface area contributed by atoms with Gasteiger partial charge in [-0.3, -0.25) is 4.57 Å². The van der Waals surface area contributed by atoms with Crippen molar-refractivity contribution in [3.8, 4) is 11.8 Å². The van der Waals surface area contributed by atoms with Crippen LogP contribution in [0.25, 0.3) is 11.4 Å². The summed E-state index contributed by atoms with van der Waals surface area (Å²) in [6.07, 6.45) is 7.85. The molecule has 0 fully saturated rings. The summed E-state index contributed by atoms with van der Waals surface area (Å²) in [5, 5.41) is 8.88.